The maximum atomic E-state index is 11.2. The first-order valence-electron chi connectivity index (χ1n) is 7.24. The minimum Gasteiger partial charge on any atom is -0.465 e. The second-order valence-corrected chi connectivity index (χ2v) is 6.42. The number of amides is 1. The van der Waals surface area contributed by atoms with Crippen LogP contribution in [0.3, 0.4) is 0 Å². The average Bonchev–Trinajstić information content (AvgIpc) is 3.14. The molecule has 0 aliphatic carbocycles. The topological polar surface area (TPSA) is 96.2 Å². The molecule has 0 fully saturated rings. The molecule has 1 atom stereocenters. The van der Waals surface area contributed by atoms with Gasteiger partial charge in [0.15, 0.2) is 5.50 Å². The number of thioether (sulfide) groups is 1. The van der Waals surface area contributed by atoms with E-state index in [4.69, 9.17) is 4.74 Å². The Kier molecular flexibility index (Phi) is 3.50. The SMILES string of the molecule is O=C(O)N1C=CN2c3cc(Oc4ccc([N+](=O)[O-])cc4)ccc3SC12. The molecule has 2 aliphatic heterocycles. The summed E-state index contributed by atoms with van der Waals surface area (Å²) in [5.74, 6) is 1.05. The molecular weight excluding hydrogens is 346 g/mol. The molecule has 0 bridgehead atoms. The Bertz CT molecular complexity index is 899. The maximum Gasteiger partial charge on any atom is 0.413 e. The highest BCUT2D eigenvalue weighted by Gasteiger charge is 2.39. The lowest BCUT2D eigenvalue weighted by atomic mass is 10.2. The lowest BCUT2D eigenvalue weighted by Gasteiger charge is -2.21. The number of carboxylic acid groups (broad SMARTS) is 1. The monoisotopic (exact) mass is 357 g/mol. The Morgan fingerprint density at radius 3 is 2.56 bits per heavy atom. The zero-order chi connectivity index (χ0) is 17.6. The number of rotatable bonds is 3. The van der Waals surface area contributed by atoms with Crippen molar-refractivity contribution < 1.29 is 19.6 Å². The van der Waals surface area contributed by atoms with Gasteiger partial charge in [-0.1, -0.05) is 11.8 Å². The minimum absolute atomic E-state index is 0.00323. The molecule has 25 heavy (non-hydrogen) atoms. The quantitative estimate of drug-likeness (QED) is 0.654. The molecule has 9 heteroatoms. The van der Waals surface area contributed by atoms with E-state index in [1.807, 2.05) is 17.0 Å². The van der Waals surface area contributed by atoms with E-state index in [2.05, 4.69) is 0 Å². The largest absolute Gasteiger partial charge is 0.465 e. The first-order valence-corrected chi connectivity index (χ1v) is 8.12. The highest BCUT2D eigenvalue weighted by molar-refractivity contribution is 8.00. The molecule has 2 aromatic rings. The normalized spacial score (nSPS) is 17.4. The highest BCUT2D eigenvalue weighted by Crippen LogP contribution is 2.48. The third kappa shape index (κ3) is 2.64. The van der Waals surface area contributed by atoms with Gasteiger partial charge in [0, 0.05) is 35.5 Å². The minimum atomic E-state index is -1.01. The van der Waals surface area contributed by atoms with Crippen LogP contribution < -0.4 is 9.64 Å². The van der Waals surface area contributed by atoms with Gasteiger partial charge in [0.05, 0.1) is 10.6 Å². The molecule has 1 unspecified atom stereocenters. The number of hydrogen-bond acceptors (Lipinski definition) is 6. The Hall–Kier alpha value is -3.20. The number of hydrogen-bond donors (Lipinski definition) is 1. The number of nitro groups is 1. The first-order chi connectivity index (χ1) is 12.0. The molecule has 0 aromatic heterocycles. The molecule has 126 valence electrons. The van der Waals surface area contributed by atoms with Crippen molar-refractivity contribution >= 4 is 29.2 Å². The van der Waals surface area contributed by atoms with Gasteiger partial charge >= 0.3 is 6.09 Å². The summed E-state index contributed by atoms with van der Waals surface area (Å²) in [6.07, 6.45) is 2.23. The van der Waals surface area contributed by atoms with E-state index in [0.29, 0.717) is 11.5 Å². The fourth-order valence-corrected chi connectivity index (χ4v) is 3.87. The third-order valence-electron chi connectivity index (χ3n) is 3.81. The highest BCUT2D eigenvalue weighted by atomic mass is 32.2. The lowest BCUT2D eigenvalue weighted by molar-refractivity contribution is -0.384. The number of benzene rings is 2. The van der Waals surface area contributed by atoms with Crippen LogP contribution in [0.5, 0.6) is 11.5 Å². The molecule has 2 aromatic carbocycles. The summed E-state index contributed by atoms with van der Waals surface area (Å²) in [6.45, 7) is 0. The molecule has 2 heterocycles. The van der Waals surface area contributed by atoms with Crippen molar-refractivity contribution in [3.63, 3.8) is 0 Å². The summed E-state index contributed by atoms with van der Waals surface area (Å²) in [7, 11) is 0. The molecule has 2 aliphatic rings. The molecular formula is C16H11N3O5S. The first kappa shape index (κ1) is 15.3. The van der Waals surface area contributed by atoms with E-state index in [-0.39, 0.29) is 11.2 Å². The van der Waals surface area contributed by atoms with E-state index in [1.54, 1.807) is 12.3 Å². The van der Waals surface area contributed by atoms with Crippen LogP contribution in [0, 0.1) is 10.1 Å². The molecule has 0 spiro atoms. The molecule has 4 rings (SSSR count). The summed E-state index contributed by atoms with van der Waals surface area (Å²) in [5.41, 5.74) is 0.507. The Morgan fingerprint density at radius 1 is 1.16 bits per heavy atom. The number of ether oxygens (including phenoxy) is 1. The van der Waals surface area contributed by atoms with Crippen molar-refractivity contribution in [2.24, 2.45) is 0 Å². The van der Waals surface area contributed by atoms with E-state index < -0.39 is 11.0 Å². The molecule has 0 saturated heterocycles. The van der Waals surface area contributed by atoms with Crippen LogP contribution in [0.4, 0.5) is 16.2 Å². The predicted molar refractivity (Wildman–Crippen MR) is 90.7 cm³/mol. The van der Waals surface area contributed by atoms with Crippen molar-refractivity contribution in [3.8, 4) is 11.5 Å². The van der Waals surface area contributed by atoms with Gasteiger partial charge in [-0.25, -0.2) is 4.79 Å². The van der Waals surface area contributed by atoms with Crippen LogP contribution in [0.1, 0.15) is 0 Å². The zero-order valence-electron chi connectivity index (χ0n) is 12.6. The number of anilines is 1. The Morgan fingerprint density at radius 2 is 1.88 bits per heavy atom. The lowest BCUT2D eigenvalue weighted by Crippen LogP contribution is -2.35. The van der Waals surface area contributed by atoms with Crippen LogP contribution in [0.2, 0.25) is 0 Å². The van der Waals surface area contributed by atoms with Crippen molar-refractivity contribution in [2.75, 3.05) is 4.90 Å². The van der Waals surface area contributed by atoms with Gasteiger partial charge in [0.25, 0.3) is 5.69 Å². The molecule has 1 amide bonds. The van der Waals surface area contributed by atoms with E-state index in [0.717, 1.165) is 10.6 Å². The van der Waals surface area contributed by atoms with E-state index in [1.165, 1.54) is 47.1 Å². The fraction of sp³-hybridized carbons (Fsp3) is 0.0625. The molecule has 0 saturated carbocycles. The second-order valence-electron chi connectivity index (χ2n) is 5.32. The van der Waals surface area contributed by atoms with Gasteiger partial charge < -0.3 is 14.7 Å². The predicted octanol–water partition coefficient (Wildman–Crippen LogP) is 4.05. The molecule has 0 radical (unpaired) electrons. The third-order valence-corrected chi connectivity index (χ3v) is 5.07. The van der Waals surface area contributed by atoms with Crippen molar-refractivity contribution in [1.82, 2.24) is 4.90 Å². The summed E-state index contributed by atoms with van der Waals surface area (Å²) < 4.78 is 5.75. The average molecular weight is 357 g/mol. The molecule has 8 nitrogen and oxygen atoms in total. The summed E-state index contributed by atoms with van der Waals surface area (Å²) in [6, 6.07) is 11.3. The van der Waals surface area contributed by atoms with Crippen LogP contribution in [0.15, 0.2) is 59.8 Å². The van der Waals surface area contributed by atoms with Crippen molar-refractivity contribution in [3.05, 3.63) is 65.0 Å². The Labute approximate surface area is 146 Å². The van der Waals surface area contributed by atoms with E-state index in [9.17, 15) is 20.0 Å². The number of nitrogens with zero attached hydrogens (tertiary/aromatic N) is 3. The fourth-order valence-electron chi connectivity index (χ4n) is 2.64. The van der Waals surface area contributed by atoms with Gasteiger partial charge in [0.1, 0.15) is 11.5 Å². The second kappa shape index (κ2) is 5.71. The molecule has 1 N–H and O–H groups in total. The standard InChI is InChI=1S/C16H11N3O5S/c20-16(21)18-8-7-17-13-9-12(5-6-14(13)25-15(17)18)24-11-3-1-10(2-4-11)19(22)23/h1-9,15H,(H,20,21). The summed E-state index contributed by atoms with van der Waals surface area (Å²) in [4.78, 5) is 25.5. The van der Waals surface area contributed by atoms with Crippen molar-refractivity contribution in [2.45, 2.75) is 10.4 Å². The maximum absolute atomic E-state index is 11.2. The summed E-state index contributed by atoms with van der Waals surface area (Å²) >= 11 is 1.44. The van der Waals surface area contributed by atoms with Gasteiger partial charge in [-0.05, 0) is 24.3 Å². The zero-order valence-corrected chi connectivity index (χ0v) is 13.4. The van der Waals surface area contributed by atoms with Gasteiger partial charge in [0.2, 0.25) is 0 Å². The van der Waals surface area contributed by atoms with Crippen LogP contribution >= 0.6 is 11.8 Å². The van der Waals surface area contributed by atoms with E-state index >= 15 is 0 Å². The van der Waals surface area contributed by atoms with Gasteiger partial charge in [-0.3, -0.25) is 15.0 Å². The number of carbonyl (C=O) groups is 1. The Balaban J connectivity index is 1.56. The van der Waals surface area contributed by atoms with Gasteiger partial charge in [-0.2, -0.15) is 0 Å². The number of non-ortho nitro benzene ring substituents is 1. The van der Waals surface area contributed by atoms with Crippen LogP contribution in [-0.4, -0.2) is 26.5 Å². The summed E-state index contributed by atoms with van der Waals surface area (Å²) in [5, 5.41) is 19.9. The van der Waals surface area contributed by atoms with Crippen LogP contribution in [-0.2, 0) is 0 Å². The van der Waals surface area contributed by atoms with Crippen LogP contribution in [0.25, 0.3) is 0 Å². The van der Waals surface area contributed by atoms with Gasteiger partial charge in [-0.15, -0.1) is 0 Å². The van der Waals surface area contributed by atoms with Crippen molar-refractivity contribution in [1.29, 1.82) is 0 Å². The number of fused-ring (bicyclic) bond motifs is 3. The smallest absolute Gasteiger partial charge is 0.413 e. The number of nitro benzene ring substituents is 1.